The lowest BCUT2D eigenvalue weighted by atomic mass is 10.0. The molecule has 2 rings (SSSR count). The topological polar surface area (TPSA) is 59.6 Å². The molecule has 1 amide bonds. The lowest BCUT2D eigenvalue weighted by Crippen LogP contribution is -2.46. The summed E-state index contributed by atoms with van der Waals surface area (Å²) in [7, 11) is 3.22. The molecule has 92 valence electrons. The first-order chi connectivity index (χ1) is 8.24. The molecule has 1 aliphatic heterocycles. The number of carbonyl (C=O) groups excluding carboxylic acids is 1. The zero-order chi connectivity index (χ0) is 12.3. The van der Waals surface area contributed by atoms with E-state index < -0.39 is 0 Å². The average molecular weight is 236 g/mol. The van der Waals surface area contributed by atoms with Gasteiger partial charge in [0.05, 0.1) is 26.8 Å². The molecule has 1 fully saturated rings. The van der Waals surface area contributed by atoms with Gasteiger partial charge >= 0.3 is 0 Å². The van der Waals surface area contributed by atoms with Gasteiger partial charge in [0.1, 0.15) is 0 Å². The summed E-state index contributed by atoms with van der Waals surface area (Å²) in [4.78, 5) is 11.0. The van der Waals surface area contributed by atoms with Crippen LogP contribution in [0.3, 0.4) is 0 Å². The molecule has 1 heterocycles. The molecule has 0 saturated carbocycles. The number of hydrogen-bond donors (Lipinski definition) is 2. The Hall–Kier alpha value is -1.75. The molecule has 0 radical (unpaired) electrons. The second-order valence-corrected chi connectivity index (χ2v) is 3.85. The van der Waals surface area contributed by atoms with Gasteiger partial charge in [0.2, 0.25) is 5.91 Å². The fourth-order valence-corrected chi connectivity index (χ4v) is 1.87. The Labute approximate surface area is 100 Å². The molecule has 0 spiro atoms. The van der Waals surface area contributed by atoms with Crippen LogP contribution in [-0.4, -0.2) is 33.2 Å². The van der Waals surface area contributed by atoms with Gasteiger partial charge in [-0.1, -0.05) is 6.07 Å². The maximum atomic E-state index is 11.0. The number of rotatable bonds is 3. The van der Waals surface area contributed by atoms with Gasteiger partial charge in [-0.05, 0) is 17.7 Å². The van der Waals surface area contributed by atoms with E-state index in [9.17, 15) is 4.79 Å². The van der Waals surface area contributed by atoms with Gasteiger partial charge < -0.3 is 14.8 Å². The van der Waals surface area contributed by atoms with E-state index in [4.69, 9.17) is 9.47 Å². The molecule has 0 aliphatic carbocycles. The zero-order valence-corrected chi connectivity index (χ0v) is 9.95. The fraction of sp³-hybridized carbons (Fsp3) is 0.417. The summed E-state index contributed by atoms with van der Waals surface area (Å²) in [6.45, 7) is 0.938. The third-order valence-corrected chi connectivity index (χ3v) is 2.82. The van der Waals surface area contributed by atoms with Crippen molar-refractivity contribution in [3.8, 4) is 11.5 Å². The fourth-order valence-electron chi connectivity index (χ4n) is 1.87. The number of methoxy groups -OCH3 is 2. The monoisotopic (exact) mass is 236 g/mol. The Kier molecular flexibility index (Phi) is 3.49. The first kappa shape index (κ1) is 11.7. The zero-order valence-electron chi connectivity index (χ0n) is 9.95. The summed E-state index contributed by atoms with van der Waals surface area (Å²) < 4.78 is 10.4. The summed E-state index contributed by atoms with van der Waals surface area (Å²) >= 11 is 0. The van der Waals surface area contributed by atoms with Crippen molar-refractivity contribution in [2.75, 3.05) is 27.3 Å². The minimum atomic E-state index is 0.0294. The van der Waals surface area contributed by atoms with Crippen LogP contribution >= 0.6 is 0 Å². The first-order valence-electron chi connectivity index (χ1n) is 5.46. The second-order valence-electron chi connectivity index (χ2n) is 3.85. The minimum absolute atomic E-state index is 0.0294. The smallest absolute Gasteiger partial charge is 0.234 e. The van der Waals surface area contributed by atoms with Gasteiger partial charge in [0.15, 0.2) is 11.5 Å². The van der Waals surface area contributed by atoms with E-state index in [1.165, 1.54) is 0 Å². The first-order valence-corrected chi connectivity index (χ1v) is 5.46. The number of hydrogen-bond acceptors (Lipinski definition) is 4. The highest BCUT2D eigenvalue weighted by molar-refractivity contribution is 5.78. The van der Waals surface area contributed by atoms with Crippen molar-refractivity contribution < 1.29 is 14.3 Å². The van der Waals surface area contributed by atoms with E-state index in [-0.39, 0.29) is 11.9 Å². The summed E-state index contributed by atoms with van der Waals surface area (Å²) in [5, 5.41) is 5.99. The number of benzene rings is 1. The molecule has 17 heavy (non-hydrogen) atoms. The van der Waals surface area contributed by atoms with Gasteiger partial charge in [-0.15, -0.1) is 0 Å². The minimum Gasteiger partial charge on any atom is -0.493 e. The lowest BCUT2D eigenvalue weighted by Gasteiger charge is -2.25. The number of ether oxygens (including phenoxy) is 2. The quantitative estimate of drug-likeness (QED) is 0.800. The Bertz CT molecular complexity index is 410. The van der Waals surface area contributed by atoms with Crippen LogP contribution in [0, 0.1) is 0 Å². The van der Waals surface area contributed by atoms with E-state index in [1.54, 1.807) is 14.2 Å². The van der Waals surface area contributed by atoms with E-state index >= 15 is 0 Å². The largest absolute Gasteiger partial charge is 0.493 e. The number of piperazine rings is 1. The van der Waals surface area contributed by atoms with Crippen molar-refractivity contribution in [2.45, 2.75) is 6.04 Å². The molecule has 1 aliphatic rings. The van der Waals surface area contributed by atoms with Gasteiger partial charge in [0, 0.05) is 6.54 Å². The molecule has 1 aromatic rings. The molecular weight excluding hydrogens is 220 g/mol. The molecule has 5 nitrogen and oxygen atoms in total. The number of nitrogens with one attached hydrogen (secondary N) is 2. The molecule has 1 saturated heterocycles. The van der Waals surface area contributed by atoms with Crippen LogP contribution in [-0.2, 0) is 4.79 Å². The van der Waals surface area contributed by atoms with Crippen LogP contribution in [0.2, 0.25) is 0 Å². The SMILES string of the molecule is COc1ccc(C2CNC(=O)CN2)cc1OC. The lowest BCUT2D eigenvalue weighted by molar-refractivity contribution is -0.121. The summed E-state index contributed by atoms with van der Waals surface area (Å²) in [5.41, 5.74) is 1.07. The molecule has 2 N–H and O–H groups in total. The maximum absolute atomic E-state index is 11.0. The molecule has 1 aromatic carbocycles. The highest BCUT2D eigenvalue weighted by Crippen LogP contribution is 2.30. The molecule has 5 heteroatoms. The second kappa shape index (κ2) is 5.05. The van der Waals surface area contributed by atoms with E-state index in [2.05, 4.69) is 10.6 Å². The Balaban J connectivity index is 2.18. The van der Waals surface area contributed by atoms with Crippen molar-refractivity contribution in [1.29, 1.82) is 0 Å². The molecule has 0 bridgehead atoms. The van der Waals surface area contributed by atoms with Crippen molar-refractivity contribution in [3.63, 3.8) is 0 Å². The molecule has 1 unspecified atom stereocenters. The molecular formula is C12H16N2O3. The van der Waals surface area contributed by atoms with Crippen molar-refractivity contribution in [2.24, 2.45) is 0 Å². The Morgan fingerprint density at radius 3 is 2.59 bits per heavy atom. The summed E-state index contributed by atoms with van der Waals surface area (Å²) in [6, 6.07) is 5.88. The standard InChI is InChI=1S/C12H16N2O3/c1-16-10-4-3-8(5-11(10)17-2)9-6-14-12(15)7-13-9/h3-5,9,13H,6-7H2,1-2H3,(H,14,15). The van der Waals surface area contributed by atoms with Gasteiger partial charge in [-0.25, -0.2) is 0 Å². The van der Waals surface area contributed by atoms with Gasteiger partial charge in [0.25, 0.3) is 0 Å². The average Bonchev–Trinajstić information content (AvgIpc) is 2.39. The summed E-state index contributed by atoms with van der Waals surface area (Å²) in [5.74, 6) is 1.43. The van der Waals surface area contributed by atoms with Gasteiger partial charge in [-0.3, -0.25) is 10.1 Å². The third-order valence-electron chi connectivity index (χ3n) is 2.82. The van der Waals surface area contributed by atoms with Gasteiger partial charge in [-0.2, -0.15) is 0 Å². The number of carbonyl (C=O) groups is 1. The van der Waals surface area contributed by atoms with E-state index in [0.29, 0.717) is 24.6 Å². The van der Waals surface area contributed by atoms with E-state index in [1.807, 2.05) is 18.2 Å². The highest BCUT2D eigenvalue weighted by Gasteiger charge is 2.19. The molecule has 0 aromatic heterocycles. The van der Waals surface area contributed by atoms with Crippen molar-refractivity contribution >= 4 is 5.91 Å². The maximum Gasteiger partial charge on any atom is 0.234 e. The predicted octanol–water partition coefficient (Wildman–Crippen LogP) is 0.464. The third kappa shape index (κ3) is 2.50. The van der Waals surface area contributed by atoms with Crippen LogP contribution in [0.4, 0.5) is 0 Å². The number of amides is 1. The Morgan fingerprint density at radius 2 is 2.00 bits per heavy atom. The van der Waals surface area contributed by atoms with Crippen LogP contribution in [0.25, 0.3) is 0 Å². The highest BCUT2D eigenvalue weighted by atomic mass is 16.5. The van der Waals surface area contributed by atoms with Crippen molar-refractivity contribution in [1.82, 2.24) is 10.6 Å². The Morgan fingerprint density at radius 1 is 1.24 bits per heavy atom. The molecule has 1 atom stereocenters. The summed E-state index contributed by atoms with van der Waals surface area (Å²) in [6.07, 6.45) is 0. The van der Waals surface area contributed by atoms with Crippen LogP contribution in [0.15, 0.2) is 18.2 Å². The van der Waals surface area contributed by atoms with Crippen LogP contribution in [0.1, 0.15) is 11.6 Å². The van der Waals surface area contributed by atoms with Crippen LogP contribution in [0.5, 0.6) is 11.5 Å². The van der Waals surface area contributed by atoms with Crippen molar-refractivity contribution in [3.05, 3.63) is 23.8 Å². The predicted molar refractivity (Wildman–Crippen MR) is 63.3 cm³/mol. The van der Waals surface area contributed by atoms with E-state index in [0.717, 1.165) is 5.56 Å². The van der Waals surface area contributed by atoms with Crippen LogP contribution < -0.4 is 20.1 Å². The normalized spacial score (nSPS) is 19.6.